The minimum atomic E-state index is -1.15. The molecule has 2 amide bonds. The van der Waals surface area contributed by atoms with Gasteiger partial charge >= 0.3 is 6.09 Å². The summed E-state index contributed by atoms with van der Waals surface area (Å²) in [5, 5.41) is 20.7. The molecule has 2 N–H and O–H groups in total. The molecule has 0 spiro atoms. The third kappa shape index (κ3) is 4.03. The van der Waals surface area contributed by atoms with Crippen molar-refractivity contribution in [2.24, 2.45) is 0 Å². The summed E-state index contributed by atoms with van der Waals surface area (Å²) in [5.74, 6) is -0.948. The van der Waals surface area contributed by atoms with Gasteiger partial charge < -0.3 is 20.1 Å². The molecule has 0 aromatic heterocycles. The van der Waals surface area contributed by atoms with Crippen molar-refractivity contribution in [3.05, 3.63) is 53.3 Å². The van der Waals surface area contributed by atoms with Crippen LogP contribution in [0.1, 0.15) is 37.8 Å². The summed E-state index contributed by atoms with van der Waals surface area (Å²) in [7, 11) is 0. The van der Waals surface area contributed by atoms with Crippen molar-refractivity contribution >= 4 is 40.7 Å². The van der Waals surface area contributed by atoms with Gasteiger partial charge in [0.05, 0.1) is 22.9 Å². The number of hydrogen-bond acceptors (Lipinski definition) is 5. The zero-order valence-electron chi connectivity index (χ0n) is 18.9. The molecule has 0 radical (unpaired) electrons. The Morgan fingerprint density at radius 3 is 2.50 bits per heavy atom. The topological polar surface area (TPSA) is 106 Å². The summed E-state index contributed by atoms with van der Waals surface area (Å²) in [6, 6.07) is 11.4. The van der Waals surface area contributed by atoms with Crippen molar-refractivity contribution < 1.29 is 23.8 Å². The van der Waals surface area contributed by atoms with E-state index in [1.807, 2.05) is 0 Å². The first kappa shape index (κ1) is 23.4. The molecule has 34 heavy (non-hydrogen) atoms. The molecule has 1 saturated heterocycles. The number of nitrogens with one attached hydrogen (secondary N) is 1. The highest BCUT2D eigenvalue weighted by atomic mass is 32.1. The number of nitrogens with zero attached hydrogens (tertiary/aromatic N) is 3. The summed E-state index contributed by atoms with van der Waals surface area (Å²) >= 11 is 5.63. The molecule has 2 aliphatic rings. The number of ether oxygens (including phenoxy) is 1. The predicted molar refractivity (Wildman–Crippen MR) is 128 cm³/mol. The van der Waals surface area contributed by atoms with Gasteiger partial charge in [-0.25, -0.2) is 9.18 Å². The molecular weight excluding hydrogens is 459 g/mol. The Labute approximate surface area is 201 Å². The van der Waals surface area contributed by atoms with Crippen molar-refractivity contribution in [3.63, 3.8) is 0 Å². The van der Waals surface area contributed by atoms with Crippen LogP contribution >= 0.6 is 12.2 Å². The molecule has 1 heterocycles. The monoisotopic (exact) mass is 482 g/mol. The fraction of sp³-hybridized carbons (Fsp3) is 0.333. The van der Waals surface area contributed by atoms with E-state index >= 15 is 0 Å². The average molecular weight is 483 g/mol. The molecule has 2 fully saturated rings. The fourth-order valence-corrected chi connectivity index (χ4v) is 4.54. The zero-order chi connectivity index (χ0) is 24.8. The predicted octanol–water partition coefficient (Wildman–Crippen LogP) is 4.10. The Morgan fingerprint density at radius 2 is 1.94 bits per heavy atom. The van der Waals surface area contributed by atoms with Crippen LogP contribution in [0.3, 0.4) is 0 Å². The minimum Gasteiger partial charge on any atom is -0.488 e. The van der Waals surface area contributed by atoms with Crippen LogP contribution in [0.5, 0.6) is 5.75 Å². The first-order chi connectivity index (χ1) is 16.0. The zero-order valence-corrected chi connectivity index (χ0v) is 19.7. The quantitative estimate of drug-likeness (QED) is 0.597. The van der Waals surface area contributed by atoms with Gasteiger partial charge in [0.2, 0.25) is 0 Å². The van der Waals surface area contributed by atoms with Crippen LogP contribution in [0, 0.1) is 24.1 Å². The Balaban J connectivity index is 1.59. The molecular formula is C24H23FN4O4S. The summed E-state index contributed by atoms with van der Waals surface area (Å²) in [5.41, 5.74) is 0.361. The van der Waals surface area contributed by atoms with Crippen molar-refractivity contribution in [3.8, 4) is 11.8 Å². The smallest absolute Gasteiger partial charge is 0.405 e. The third-order valence-corrected chi connectivity index (χ3v) is 6.53. The highest BCUT2D eigenvalue weighted by Gasteiger charge is 2.50. The molecule has 176 valence electrons. The van der Waals surface area contributed by atoms with E-state index in [2.05, 4.69) is 11.4 Å². The Kier molecular flexibility index (Phi) is 5.69. The Hall–Kier alpha value is -3.71. The van der Waals surface area contributed by atoms with E-state index in [1.54, 1.807) is 49.9 Å². The average Bonchev–Trinajstić information content (AvgIpc) is 3.48. The number of carboxylic acid groups (broad SMARTS) is 1. The number of thiocarbonyl (C=S) groups is 1. The van der Waals surface area contributed by atoms with E-state index < -0.39 is 23.0 Å². The van der Waals surface area contributed by atoms with Crippen LogP contribution < -0.4 is 19.9 Å². The normalized spacial score (nSPS) is 18.0. The second-order valence-electron chi connectivity index (χ2n) is 9.04. The van der Waals surface area contributed by atoms with E-state index in [1.165, 1.54) is 17.0 Å². The van der Waals surface area contributed by atoms with Gasteiger partial charge in [0, 0.05) is 11.8 Å². The van der Waals surface area contributed by atoms with Gasteiger partial charge in [-0.15, -0.1) is 0 Å². The van der Waals surface area contributed by atoms with Crippen molar-refractivity contribution in [1.29, 1.82) is 5.26 Å². The van der Waals surface area contributed by atoms with E-state index in [9.17, 15) is 19.2 Å². The standard InChI is InChI=1S/C24H23FN4O4S/c1-14-10-16(5-4-15(14)12-26)28-20(30)23(2,3)29(22(28)34)17-6-7-19(18(25)11-17)33-13-24(8-9-24)27-21(31)32/h4-7,10-11,27H,8-9,13H2,1-3H3,(H,31,32). The first-order valence-corrected chi connectivity index (χ1v) is 11.0. The molecule has 8 nitrogen and oxygen atoms in total. The lowest BCUT2D eigenvalue weighted by atomic mass is 10.0. The lowest BCUT2D eigenvalue weighted by molar-refractivity contribution is -0.120. The number of anilines is 2. The SMILES string of the molecule is Cc1cc(N2C(=O)C(C)(C)N(c3ccc(OCC4(NC(=O)O)CC4)c(F)c3)C2=S)ccc1C#N. The van der Waals surface area contributed by atoms with Crippen molar-refractivity contribution in [1.82, 2.24) is 5.32 Å². The number of benzene rings is 2. The number of halogens is 1. The van der Waals surface area contributed by atoms with Gasteiger partial charge in [0.15, 0.2) is 16.7 Å². The largest absolute Gasteiger partial charge is 0.488 e. The molecule has 10 heteroatoms. The van der Waals surface area contributed by atoms with E-state index in [-0.39, 0.29) is 23.4 Å². The van der Waals surface area contributed by atoms with E-state index in [0.717, 1.165) is 0 Å². The number of amides is 2. The van der Waals surface area contributed by atoms with Crippen LogP contribution in [0.25, 0.3) is 0 Å². The minimum absolute atomic E-state index is 0.0176. The molecule has 2 aromatic carbocycles. The summed E-state index contributed by atoms with van der Waals surface area (Å²) in [6.45, 7) is 5.21. The van der Waals surface area contributed by atoms with E-state index in [4.69, 9.17) is 22.1 Å². The van der Waals surface area contributed by atoms with Crippen LogP contribution in [0.2, 0.25) is 0 Å². The number of hydrogen-bond donors (Lipinski definition) is 2. The molecule has 0 atom stereocenters. The van der Waals surface area contributed by atoms with Gasteiger partial charge in [-0.1, -0.05) is 0 Å². The first-order valence-electron chi connectivity index (χ1n) is 10.6. The molecule has 0 bridgehead atoms. The fourth-order valence-electron chi connectivity index (χ4n) is 4.01. The van der Waals surface area contributed by atoms with Crippen LogP contribution in [-0.4, -0.2) is 39.9 Å². The molecule has 4 rings (SSSR count). The van der Waals surface area contributed by atoms with Gasteiger partial charge in [-0.3, -0.25) is 9.69 Å². The number of rotatable bonds is 6. The van der Waals surface area contributed by atoms with Gasteiger partial charge in [-0.05, 0) is 81.7 Å². The van der Waals surface area contributed by atoms with Crippen LogP contribution in [0.4, 0.5) is 20.6 Å². The number of carbonyl (C=O) groups excluding carboxylic acids is 1. The number of nitriles is 1. The highest BCUT2D eigenvalue weighted by Crippen LogP contribution is 2.39. The highest BCUT2D eigenvalue weighted by molar-refractivity contribution is 7.81. The lowest BCUT2D eigenvalue weighted by Gasteiger charge is -2.29. The van der Waals surface area contributed by atoms with Crippen LogP contribution in [0.15, 0.2) is 36.4 Å². The molecule has 1 aliphatic heterocycles. The summed E-state index contributed by atoms with van der Waals surface area (Å²) in [6.07, 6.45) is 0.109. The number of carbonyl (C=O) groups is 2. The Morgan fingerprint density at radius 1 is 1.26 bits per heavy atom. The second kappa shape index (κ2) is 8.25. The molecule has 2 aromatic rings. The number of aryl methyl sites for hydroxylation is 1. The maximum atomic E-state index is 14.9. The molecule has 1 saturated carbocycles. The van der Waals surface area contributed by atoms with Gasteiger partial charge in [-0.2, -0.15) is 5.26 Å². The van der Waals surface area contributed by atoms with Crippen LogP contribution in [-0.2, 0) is 4.79 Å². The maximum Gasteiger partial charge on any atom is 0.405 e. The van der Waals surface area contributed by atoms with E-state index in [0.29, 0.717) is 35.3 Å². The van der Waals surface area contributed by atoms with Gasteiger partial charge in [0.1, 0.15) is 12.1 Å². The maximum absolute atomic E-state index is 14.9. The van der Waals surface area contributed by atoms with Crippen molar-refractivity contribution in [2.75, 3.05) is 16.4 Å². The summed E-state index contributed by atoms with van der Waals surface area (Å²) < 4.78 is 20.5. The molecule has 1 aliphatic carbocycles. The third-order valence-electron chi connectivity index (χ3n) is 6.16. The van der Waals surface area contributed by atoms with Crippen molar-refractivity contribution in [2.45, 2.75) is 44.7 Å². The summed E-state index contributed by atoms with van der Waals surface area (Å²) in [4.78, 5) is 27.2. The Bertz CT molecular complexity index is 1250. The lowest BCUT2D eigenvalue weighted by Crippen LogP contribution is -2.44. The second-order valence-corrected chi connectivity index (χ2v) is 9.41. The molecule has 0 unspecified atom stereocenters. The van der Waals surface area contributed by atoms with Gasteiger partial charge in [0.25, 0.3) is 5.91 Å².